The van der Waals surface area contributed by atoms with Crippen LogP contribution in [0, 0.1) is 6.92 Å². The number of nitrogens with zero attached hydrogens (tertiary/aromatic N) is 4. The lowest BCUT2D eigenvalue weighted by atomic mass is 10.1. The zero-order chi connectivity index (χ0) is 20.2. The Morgan fingerprint density at radius 3 is 2.72 bits per heavy atom. The third-order valence-electron chi connectivity index (χ3n) is 5.16. The van der Waals surface area contributed by atoms with Gasteiger partial charge in [-0.25, -0.2) is 9.97 Å². The number of hydrogen-bond acceptors (Lipinski definition) is 6. The van der Waals surface area contributed by atoms with Crippen LogP contribution in [0.25, 0.3) is 11.0 Å². The van der Waals surface area contributed by atoms with Gasteiger partial charge in [0, 0.05) is 37.1 Å². The number of rotatable bonds is 6. The summed E-state index contributed by atoms with van der Waals surface area (Å²) in [6.07, 6.45) is 3.58. The number of para-hydroxylation sites is 2. The predicted octanol–water partition coefficient (Wildman–Crippen LogP) is 2.86. The molecule has 1 saturated heterocycles. The molecule has 1 aliphatic rings. The lowest BCUT2D eigenvalue weighted by Crippen LogP contribution is -2.37. The van der Waals surface area contributed by atoms with E-state index in [0.717, 1.165) is 47.7 Å². The number of amides is 1. The SMILES string of the molecule is Cc1csc(CNC(=O)CCn2c(=O)c(N3CCCCC3)nc3ccccc32)n1. The summed E-state index contributed by atoms with van der Waals surface area (Å²) >= 11 is 1.53. The van der Waals surface area contributed by atoms with E-state index in [2.05, 4.69) is 20.2 Å². The van der Waals surface area contributed by atoms with Gasteiger partial charge in [0.05, 0.1) is 17.6 Å². The van der Waals surface area contributed by atoms with Gasteiger partial charge in [-0.2, -0.15) is 0 Å². The molecular weight excluding hydrogens is 386 g/mol. The van der Waals surface area contributed by atoms with Gasteiger partial charge in [-0.1, -0.05) is 12.1 Å². The highest BCUT2D eigenvalue weighted by molar-refractivity contribution is 7.09. The summed E-state index contributed by atoms with van der Waals surface area (Å²) in [7, 11) is 0. The molecule has 0 aliphatic carbocycles. The van der Waals surface area contributed by atoms with Crippen LogP contribution < -0.4 is 15.8 Å². The van der Waals surface area contributed by atoms with E-state index in [4.69, 9.17) is 0 Å². The summed E-state index contributed by atoms with van der Waals surface area (Å²) in [5.74, 6) is 0.409. The Morgan fingerprint density at radius 1 is 1.17 bits per heavy atom. The van der Waals surface area contributed by atoms with Crippen molar-refractivity contribution in [2.45, 2.75) is 45.7 Å². The fourth-order valence-corrected chi connectivity index (χ4v) is 4.38. The van der Waals surface area contributed by atoms with Crippen LogP contribution in [0.3, 0.4) is 0 Å². The monoisotopic (exact) mass is 411 g/mol. The van der Waals surface area contributed by atoms with Gasteiger partial charge in [-0.05, 0) is 38.3 Å². The highest BCUT2D eigenvalue weighted by atomic mass is 32.1. The van der Waals surface area contributed by atoms with Gasteiger partial charge in [-0.3, -0.25) is 9.59 Å². The Balaban J connectivity index is 1.53. The second-order valence-electron chi connectivity index (χ2n) is 7.34. The molecule has 1 N–H and O–H groups in total. The van der Waals surface area contributed by atoms with Crippen molar-refractivity contribution in [3.05, 3.63) is 50.7 Å². The average Bonchev–Trinajstić information content (AvgIpc) is 3.17. The van der Waals surface area contributed by atoms with Crippen LogP contribution in [0.1, 0.15) is 36.4 Å². The van der Waals surface area contributed by atoms with Crippen LogP contribution in [0.15, 0.2) is 34.4 Å². The number of piperidine rings is 1. The number of carbonyl (C=O) groups excluding carboxylic acids is 1. The standard InChI is InChI=1S/C21H25N5O2S/c1-15-14-29-19(23-15)13-22-18(27)9-12-26-17-8-4-3-7-16(17)24-20(21(26)28)25-10-5-2-6-11-25/h3-4,7-8,14H,2,5-6,9-13H2,1H3,(H,22,27). The van der Waals surface area contributed by atoms with E-state index in [-0.39, 0.29) is 17.9 Å². The van der Waals surface area contributed by atoms with E-state index in [1.54, 1.807) is 4.57 Å². The van der Waals surface area contributed by atoms with Crippen molar-refractivity contribution in [1.29, 1.82) is 0 Å². The number of aromatic nitrogens is 3. The van der Waals surface area contributed by atoms with Crippen molar-refractivity contribution in [3.63, 3.8) is 0 Å². The Hall–Kier alpha value is -2.74. The minimum atomic E-state index is -0.117. The second-order valence-corrected chi connectivity index (χ2v) is 8.28. The Labute approximate surface area is 173 Å². The van der Waals surface area contributed by atoms with Crippen LogP contribution in [0.5, 0.6) is 0 Å². The molecule has 8 heteroatoms. The summed E-state index contributed by atoms with van der Waals surface area (Å²) < 4.78 is 1.69. The summed E-state index contributed by atoms with van der Waals surface area (Å²) in [4.78, 5) is 36.6. The Bertz CT molecular complexity index is 1070. The maximum Gasteiger partial charge on any atom is 0.294 e. The molecule has 3 aromatic rings. The van der Waals surface area contributed by atoms with E-state index in [0.29, 0.717) is 18.9 Å². The molecule has 7 nitrogen and oxygen atoms in total. The van der Waals surface area contributed by atoms with Crippen LogP contribution >= 0.6 is 11.3 Å². The molecule has 152 valence electrons. The molecule has 0 saturated carbocycles. The molecule has 4 rings (SSSR count). The minimum absolute atomic E-state index is 0.0924. The molecule has 0 bridgehead atoms. The van der Waals surface area contributed by atoms with E-state index in [9.17, 15) is 9.59 Å². The number of hydrogen-bond donors (Lipinski definition) is 1. The predicted molar refractivity (Wildman–Crippen MR) is 115 cm³/mol. The molecule has 0 atom stereocenters. The van der Waals surface area contributed by atoms with Gasteiger partial charge >= 0.3 is 0 Å². The lowest BCUT2D eigenvalue weighted by molar-refractivity contribution is -0.121. The zero-order valence-electron chi connectivity index (χ0n) is 16.6. The molecule has 0 radical (unpaired) electrons. The van der Waals surface area contributed by atoms with Crippen molar-refractivity contribution < 1.29 is 4.79 Å². The lowest BCUT2D eigenvalue weighted by Gasteiger charge is -2.27. The molecule has 1 fully saturated rings. The van der Waals surface area contributed by atoms with Crippen LogP contribution in [0.4, 0.5) is 5.82 Å². The molecule has 0 unspecified atom stereocenters. The first kappa shape index (κ1) is 19.6. The number of fused-ring (bicyclic) bond motifs is 1. The van der Waals surface area contributed by atoms with E-state index < -0.39 is 0 Å². The largest absolute Gasteiger partial charge is 0.352 e. The molecule has 29 heavy (non-hydrogen) atoms. The maximum atomic E-state index is 13.2. The first-order valence-corrected chi connectivity index (χ1v) is 10.9. The number of anilines is 1. The van der Waals surface area contributed by atoms with Crippen molar-refractivity contribution in [1.82, 2.24) is 19.9 Å². The van der Waals surface area contributed by atoms with Gasteiger partial charge in [0.25, 0.3) is 5.56 Å². The first-order valence-electron chi connectivity index (χ1n) is 10.0. The number of aryl methyl sites for hydroxylation is 2. The van der Waals surface area contributed by atoms with Gasteiger partial charge in [0.1, 0.15) is 5.01 Å². The molecule has 1 amide bonds. The Morgan fingerprint density at radius 2 is 1.97 bits per heavy atom. The molecule has 2 aromatic heterocycles. The van der Waals surface area contributed by atoms with Gasteiger partial charge in [0.2, 0.25) is 5.91 Å². The average molecular weight is 412 g/mol. The van der Waals surface area contributed by atoms with E-state index in [1.165, 1.54) is 17.8 Å². The molecule has 1 aromatic carbocycles. The van der Waals surface area contributed by atoms with Crippen molar-refractivity contribution in [3.8, 4) is 0 Å². The van der Waals surface area contributed by atoms with Gasteiger partial charge < -0.3 is 14.8 Å². The fourth-order valence-electron chi connectivity index (χ4n) is 3.67. The van der Waals surface area contributed by atoms with Crippen LogP contribution in [-0.2, 0) is 17.9 Å². The van der Waals surface area contributed by atoms with E-state index in [1.807, 2.05) is 36.6 Å². The number of benzene rings is 1. The summed E-state index contributed by atoms with van der Waals surface area (Å²) in [5, 5.41) is 5.74. The minimum Gasteiger partial charge on any atom is -0.352 e. The Kier molecular flexibility index (Phi) is 5.89. The van der Waals surface area contributed by atoms with Crippen LogP contribution in [-0.4, -0.2) is 33.5 Å². The quantitative estimate of drug-likeness (QED) is 0.675. The van der Waals surface area contributed by atoms with Gasteiger partial charge in [-0.15, -0.1) is 11.3 Å². The normalized spacial score (nSPS) is 14.3. The first-order chi connectivity index (χ1) is 14.1. The molecule has 0 spiro atoms. The summed E-state index contributed by atoms with van der Waals surface area (Å²) in [5.41, 5.74) is 2.39. The molecule has 1 aliphatic heterocycles. The van der Waals surface area contributed by atoms with Crippen molar-refractivity contribution in [2.24, 2.45) is 0 Å². The topological polar surface area (TPSA) is 80.1 Å². The van der Waals surface area contributed by atoms with Crippen LogP contribution in [0.2, 0.25) is 0 Å². The third-order valence-corrected chi connectivity index (χ3v) is 6.12. The fraction of sp³-hybridized carbons (Fsp3) is 0.429. The zero-order valence-corrected chi connectivity index (χ0v) is 17.4. The van der Waals surface area contributed by atoms with Gasteiger partial charge in [0.15, 0.2) is 5.82 Å². The third kappa shape index (κ3) is 4.48. The molecule has 3 heterocycles. The number of nitrogens with one attached hydrogen (secondary N) is 1. The molecular formula is C21H25N5O2S. The highest BCUT2D eigenvalue weighted by Crippen LogP contribution is 2.18. The smallest absolute Gasteiger partial charge is 0.294 e. The summed E-state index contributed by atoms with van der Waals surface area (Å²) in [6, 6.07) is 7.63. The maximum absolute atomic E-state index is 13.2. The van der Waals surface area contributed by atoms with E-state index >= 15 is 0 Å². The summed E-state index contributed by atoms with van der Waals surface area (Å²) in [6.45, 7) is 4.39. The van der Waals surface area contributed by atoms with Crippen molar-refractivity contribution in [2.75, 3.05) is 18.0 Å². The number of carbonyl (C=O) groups is 1. The van der Waals surface area contributed by atoms with Crippen molar-refractivity contribution >= 4 is 34.1 Å². The highest BCUT2D eigenvalue weighted by Gasteiger charge is 2.19. The number of thiazole rings is 1. The second kappa shape index (κ2) is 8.73.